The van der Waals surface area contributed by atoms with Gasteiger partial charge in [0.1, 0.15) is 12.4 Å². The summed E-state index contributed by atoms with van der Waals surface area (Å²) in [5.41, 5.74) is 1.19. The first-order chi connectivity index (χ1) is 6.27. The predicted octanol–water partition coefficient (Wildman–Crippen LogP) is 2.69. The third-order valence-corrected chi connectivity index (χ3v) is 2.97. The summed E-state index contributed by atoms with van der Waals surface area (Å²) >= 11 is 6.94. The van der Waals surface area contributed by atoms with Crippen molar-refractivity contribution in [3.05, 3.63) is 26.6 Å². The molecule has 1 aromatic carbocycles. The van der Waals surface area contributed by atoms with Gasteiger partial charge in [0.05, 0.1) is 4.47 Å². The summed E-state index contributed by atoms with van der Waals surface area (Å²) in [7, 11) is 0. The van der Waals surface area contributed by atoms with Crippen LogP contribution in [0.4, 0.5) is 0 Å². The number of hydrogen-bond donors (Lipinski definition) is 1. The third kappa shape index (κ3) is 2.06. The van der Waals surface area contributed by atoms with Crippen LogP contribution in [0.25, 0.3) is 0 Å². The predicted molar refractivity (Wildman–Crippen MR) is 59.0 cm³/mol. The maximum atomic E-state index is 5.60. The molecule has 1 heterocycles. The van der Waals surface area contributed by atoms with E-state index in [1.807, 2.05) is 6.07 Å². The Bertz CT molecular complexity index is 328. The van der Waals surface area contributed by atoms with Gasteiger partial charge in [0.2, 0.25) is 0 Å². The summed E-state index contributed by atoms with van der Waals surface area (Å²) in [6.07, 6.45) is 0. The first kappa shape index (κ1) is 9.49. The minimum atomic E-state index is 0.729. The van der Waals surface area contributed by atoms with Crippen LogP contribution in [-0.4, -0.2) is 13.2 Å². The molecular formula is C9H9Br2NO. The van der Waals surface area contributed by atoms with Crippen molar-refractivity contribution in [1.82, 2.24) is 5.32 Å². The summed E-state index contributed by atoms with van der Waals surface area (Å²) in [6, 6.07) is 4.09. The molecule has 0 radical (unpaired) electrons. The Labute approximate surface area is 93.9 Å². The second-order valence-corrected chi connectivity index (χ2v) is 4.67. The van der Waals surface area contributed by atoms with Gasteiger partial charge in [-0.15, -0.1) is 0 Å². The summed E-state index contributed by atoms with van der Waals surface area (Å²) in [5.74, 6) is 0.966. The third-order valence-electron chi connectivity index (χ3n) is 1.93. The van der Waals surface area contributed by atoms with Gasteiger partial charge in [-0.25, -0.2) is 0 Å². The molecule has 2 nitrogen and oxygen atoms in total. The molecule has 0 atom stereocenters. The van der Waals surface area contributed by atoms with Crippen molar-refractivity contribution in [2.24, 2.45) is 0 Å². The Morgan fingerprint density at radius 3 is 3.00 bits per heavy atom. The maximum Gasteiger partial charge on any atom is 0.138 e. The zero-order valence-electron chi connectivity index (χ0n) is 6.94. The quantitative estimate of drug-likeness (QED) is 0.796. The van der Waals surface area contributed by atoms with E-state index in [0.29, 0.717) is 0 Å². The molecule has 1 N–H and O–H groups in total. The lowest BCUT2D eigenvalue weighted by Gasteiger charge is -2.08. The Balaban J connectivity index is 2.47. The lowest BCUT2D eigenvalue weighted by molar-refractivity contribution is 0.324. The number of rotatable bonds is 0. The van der Waals surface area contributed by atoms with Gasteiger partial charge in [-0.05, 0) is 28.1 Å². The van der Waals surface area contributed by atoms with Gasteiger partial charge in [0, 0.05) is 23.1 Å². The smallest absolute Gasteiger partial charge is 0.138 e. The van der Waals surface area contributed by atoms with Crippen molar-refractivity contribution < 1.29 is 4.74 Å². The standard InChI is InChI=1S/C9H9Br2NO/c10-7-3-6-5-12-1-2-13-9(6)8(11)4-7/h3-4,12H,1-2,5H2. The number of ether oxygens (including phenoxy) is 1. The van der Waals surface area contributed by atoms with E-state index in [9.17, 15) is 0 Å². The average Bonchev–Trinajstić information content (AvgIpc) is 2.28. The van der Waals surface area contributed by atoms with Gasteiger partial charge < -0.3 is 10.1 Å². The molecule has 13 heavy (non-hydrogen) atoms. The van der Waals surface area contributed by atoms with Gasteiger partial charge in [0.25, 0.3) is 0 Å². The molecule has 1 aliphatic heterocycles. The summed E-state index contributed by atoms with van der Waals surface area (Å²) in [6.45, 7) is 2.50. The Morgan fingerprint density at radius 1 is 1.31 bits per heavy atom. The van der Waals surface area contributed by atoms with Crippen LogP contribution in [0.15, 0.2) is 21.1 Å². The topological polar surface area (TPSA) is 21.3 Å². The highest BCUT2D eigenvalue weighted by Gasteiger charge is 2.12. The van der Waals surface area contributed by atoms with Crippen molar-refractivity contribution in [3.63, 3.8) is 0 Å². The lowest BCUT2D eigenvalue weighted by atomic mass is 10.2. The number of nitrogens with one attached hydrogen (secondary N) is 1. The summed E-state index contributed by atoms with van der Waals surface area (Å²) in [5, 5.41) is 3.29. The van der Waals surface area contributed by atoms with Crippen LogP contribution in [0.3, 0.4) is 0 Å². The van der Waals surface area contributed by atoms with E-state index in [2.05, 4.69) is 43.2 Å². The number of hydrogen-bond acceptors (Lipinski definition) is 2. The minimum absolute atomic E-state index is 0.729. The molecule has 0 saturated carbocycles. The zero-order chi connectivity index (χ0) is 9.26. The van der Waals surface area contributed by atoms with Crippen LogP contribution >= 0.6 is 31.9 Å². The van der Waals surface area contributed by atoms with Crippen molar-refractivity contribution in [1.29, 1.82) is 0 Å². The molecule has 4 heteroatoms. The molecule has 1 aliphatic rings. The molecule has 70 valence electrons. The van der Waals surface area contributed by atoms with Crippen LogP contribution in [0.1, 0.15) is 5.56 Å². The molecule has 1 aromatic rings. The van der Waals surface area contributed by atoms with Crippen LogP contribution in [0.5, 0.6) is 5.75 Å². The van der Waals surface area contributed by atoms with E-state index in [1.54, 1.807) is 0 Å². The van der Waals surface area contributed by atoms with Crippen LogP contribution in [0.2, 0.25) is 0 Å². The van der Waals surface area contributed by atoms with Crippen molar-refractivity contribution in [3.8, 4) is 5.75 Å². The normalized spacial score (nSPS) is 15.8. The fourth-order valence-corrected chi connectivity index (χ4v) is 2.78. The average molecular weight is 307 g/mol. The highest BCUT2D eigenvalue weighted by atomic mass is 79.9. The number of halogens is 2. The maximum absolute atomic E-state index is 5.60. The van der Waals surface area contributed by atoms with Crippen molar-refractivity contribution >= 4 is 31.9 Å². The molecule has 2 rings (SSSR count). The molecule has 0 fully saturated rings. The molecule has 0 amide bonds. The van der Waals surface area contributed by atoms with Crippen molar-refractivity contribution in [2.75, 3.05) is 13.2 Å². The fraction of sp³-hybridized carbons (Fsp3) is 0.333. The van der Waals surface area contributed by atoms with E-state index < -0.39 is 0 Å². The number of benzene rings is 1. The van der Waals surface area contributed by atoms with E-state index in [4.69, 9.17) is 4.74 Å². The molecule has 0 spiro atoms. The first-order valence-corrected chi connectivity index (χ1v) is 5.67. The highest BCUT2D eigenvalue weighted by Crippen LogP contribution is 2.33. The van der Waals surface area contributed by atoms with Gasteiger partial charge in [-0.1, -0.05) is 15.9 Å². The van der Waals surface area contributed by atoms with Gasteiger partial charge in [-0.3, -0.25) is 0 Å². The lowest BCUT2D eigenvalue weighted by Crippen LogP contribution is -2.16. The van der Waals surface area contributed by atoms with Crippen LogP contribution < -0.4 is 10.1 Å². The largest absolute Gasteiger partial charge is 0.491 e. The second-order valence-electron chi connectivity index (χ2n) is 2.90. The number of fused-ring (bicyclic) bond motifs is 1. The molecule has 0 aromatic heterocycles. The second kappa shape index (κ2) is 3.98. The van der Waals surface area contributed by atoms with Crippen LogP contribution in [0, 0.1) is 0 Å². The fourth-order valence-electron chi connectivity index (χ4n) is 1.35. The minimum Gasteiger partial charge on any atom is -0.491 e. The molecular weight excluding hydrogens is 298 g/mol. The molecule has 0 bridgehead atoms. The van der Waals surface area contributed by atoms with E-state index in [1.165, 1.54) is 5.56 Å². The Hall–Kier alpha value is -0.0600. The van der Waals surface area contributed by atoms with Crippen LogP contribution in [-0.2, 0) is 6.54 Å². The van der Waals surface area contributed by atoms with E-state index in [0.717, 1.165) is 34.4 Å². The molecule has 0 unspecified atom stereocenters. The van der Waals surface area contributed by atoms with Gasteiger partial charge in [0.15, 0.2) is 0 Å². The Morgan fingerprint density at radius 2 is 2.15 bits per heavy atom. The molecule has 0 aliphatic carbocycles. The van der Waals surface area contributed by atoms with Gasteiger partial charge in [-0.2, -0.15) is 0 Å². The highest BCUT2D eigenvalue weighted by molar-refractivity contribution is 9.11. The first-order valence-electron chi connectivity index (χ1n) is 4.09. The zero-order valence-corrected chi connectivity index (χ0v) is 10.1. The summed E-state index contributed by atoms with van der Waals surface area (Å²) in [4.78, 5) is 0. The van der Waals surface area contributed by atoms with Gasteiger partial charge >= 0.3 is 0 Å². The van der Waals surface area contributed by atoms with E-state index in [-0.39, 0.29) is 0 Å². The Kier molecular flexibility index (Phi) is 2.91. The monoisotopic (exact) mass is 305 g/mol. The van der Waals surface area contributed by atoms with E-state index >= 15 is 0 Å². The van der Waals surface area contributed by atoms with Crippen molar-refractivity contribution in [2.45, 2.75) is 6.54 Å². The summed E-state index contributed by atoms with van der Waals surface area (Å²) < 4.78 is 7.69. The molecule has 0 saturated heterocycles. The SMILES string of the molecule is Brc1cc(Br)c2c(c1)CNCCO2.